The van der Waals surface area contributed by atoms with Crippen LogP contribution in [0.25, 0.3) is 0 Å². The number of para-hydroxylation sites is 1. The first kappa shape index (κ1) is 21.0. The molecule has 1 aromatic rings. The Hall–Kier alpha value is -1.28. The standard InChI is InChI=1S/C24H38O2/c1-2-3-4-5-6-7-8-9-10-11-12-13-14-17-22-18-15-16-19-24(22)26-21-23-20-25-23/h11-12,15-16,18-19,23H,2-10,13-14,17,20-21H2,1H3/b12-11+. The Morgan fingerprint density at radius 2 is 1.58 bits per heavy atom. The lowest BCUT2D eigenvalue weighted by atomic mass is 10.1. The van der Waals surface area contributed by atoms with Gasteiger partial charge in [0.05, 0.1) is 6.61 Å². The Labute approximate surface area is 161 Å². The second-order valence-corrected chi connectivity index (χ2v) is 7.50. The van der Waals surface area contributed by atoms with E-state index in [1.54, 1.807) is 0 Å². The average Bonchev–Trinajstić information content (AvgIpc) is 3.49. The Morgan fingerprint density at radius 3 is 2.31 bits per heavy atom. The molecule has 1 aromatic carbocycles. The lowest BCUT2D eigenvalue weighted by Crippen LogP contribution is -2.05. The van der Waals surface area contributed by atoms with Crippen molar-refractivity contribution >= 4 is 0 Å². The van der Waals surface area contributed by atoms with Crippen molar-refractivity contribution in [2.75, 3.05) is 13.2 Å². The second kappa shape index (κ2) is 13.9. The Bertz CT molecular complexity index is 491. The molecule has 26 heavy (non-hydrogen) atoms. The summed E-state index contributed by atoms with van der Waals surface area (Å²) in [6.45, 7) is 3.82. The van der Waals surface area contributed by atoms with Gasteiger partial charge in [-0.05, 0) is 43.7 Å². The van der Waals surface area contributed by atoms with Crippen molar-refractivity contribution in [2.45, 2.75) is 90.1 Å². The van der Waals surface area contributed by atoms with Crippen molar-refractivity contribution in [3.63, 3.8) is 0 Å². The average molecular weight is 359 g/mol. The van der Waals surface area contributed by atoms with Gasteiger partial charge in [0.1, 0.15) is 18.5 Å². The Morgan fingerprint density at radius 1 is 0.923 bits per heavy atom. The molecule has 1 saturated heterocycles. The highest BCUT2D eigenvalue weighted by Gasteiger charge is 2.23. The molecule has 1 heterocycles. The first-order chi connectivity index (χ1) is 12.9. The van der Waals surface area contributed by atoms with Crippen molar-refractivity contribution in [2.24, 2.45) is 0 Å². The van der Waals surface area contributed by atoms with Crippen LogP contribution in [0.2, 0.25) is 0 Å². The third-order valence-electron chi connectivity index (χ3n) is 5.01. The van der Waals surface area contributed by atoms with Crippen molar-refractivity contribution in [1.82, 2.24) is 0 Å². The van der Waals surface area contributed by atoms with E-state index in [-0.39, 0.29) is 0 Å². The molecule has 0 radical (unpaired) electrons. The maximum Gasteiger partial charge on any atom is 0.122 e. The number of epoxide rings is 1. The molecule has 146 valence electrons. The number of benzene rings is 1. The predicted molar refractivity (Wildman–Crippen MR) is 111 cm³/mol. The van der Waals surface area contributed by atoms with Crippen LogP contribution in [0.4, 0.5) is 0 Å². The number of ether oxygens (including phenoxy) is 2. The first-order valence-corrected chi connectivity index (χ1v) is 10.9. The van der Waals surface area contributed by atoms with Gasteiger partial charge >= 0.3 is 0 Å². The van der Waals surface area contributed by atoms with Gasteiger partial charge in [-0.15, -0.1) is 0 Å². The first-order valence-electron chi connectivity index (χ1n) is 10.9. The fourth-order valence-corrected chi connectivity index (χ4v) is 3.24. The lowest BCUT2D eigenvalue weighted by Gasteiger charge is -2.10. The van der Waals surface area contributed by atoms with Gasteiger partial charge < -0.3 is 9.47 Å². The number of aryl methyl sites for hydroxylation is 1. The molecule has 2 nitrogen and oxygen atoms in total. The summed E-state index contributed by atoms with van der Waals surface area (Å²) in [6, 6.07) is 8.42. The van der Waals surface area contributed by atoms with E-state index >= 15 is 0 Å². The number of unbranched alkanes of at least 4 members (excludes halogenated alkanes) is 9. The van der Waals surface area contributed by atoms with E-state index in [0.29, 0.717) is 12.7 Å². The third-order valence-corrected chi connectivity index (χ3v) is 5.01. The molecule has 0 aromatic heterocycles. The second-order valence-electron chi connectivity index (χ2n) is 7.50. The van der Waals surface area contributed by atoms with Gasteiger partial charge in [-0.1, -0.05) is 82.2 Å². The van der Waals surface area contributed by atoms with Crippen molar-refractivity contribution in [1.29, 1.82) is 0 Å². The number of allylic oxidation sites excluding steroid dienone is 2. The van der Waals surface area contributed by atoms with E-state index in [1.165, 1.54) is 69.8 Å². The van der Waals surface area contributed by atoms with Gasteiger partial charge in [0.15, 0.2) is 0 Å². The predicted octanol–water partition coefficient (Wildman–Crippen LogP) is 6.87. The fraction of sp³-hybridized carbons (Fsp3) is 0.667. The summed E-state index contributed by atoms with van der Waals surface area (Å²) in [5.41, 5.74) is 1.32. The zero-order chi connectivity index (χ0) is 18.3. The highest BCUT2D eigenvalue weighted by atomic mass is 16.6. The number of hydrogen-bond acceptors (Lipinski definition) is 2. The van der Waals surface area contributed by atoms with Crippen LogP contribution in [0, 0.1) is 0 Å². The number of hydrogen-bond donors (Lipinski definition) is 0. The van der Waals surface area contributed by atoms with Gasteiger partial charge in [-0.25, -0.2) is 0 Å². The van der Waals surface area contributed by atoms with Crippen molar-refractivity contribution < 1.29 is 9.47 Å². The van der Waals surface area contributed by atoms with E-state index in [2.05, 4.69) is 43.3 Å². The van der Waals surface area contributed by atoms with Crippen LogP contribution in [0.1, 0.15) is 83.1 Å². The molecule has 1 atom stereocenters. The van der Waals surface area contributed by atoms with Crippen LogP contribution < -0.4 is 4.74 Å². The van der Waals surface area contributed by atoms with Crippen LogP contribution in [0.3, 0.4) is 0 Å². The summed E-state index contributed by atoms with van der Waals surface area (Å²) in [7, 11) is 0. The highest BCUT2D eigenvalue weighted by molar-refractivity contribution is 5.33. The zero-order valence-corrected chi connectivity index (χ0v) is 16.8. The molecule has 0 N–H and O–H groups in total. The maximum atomic E-state index is 5.88. The normalized spacial score (nSPS) is 16.3. The molecule has 0 spiro atoms. The molecule has 1 unspecified atom stereocenters. The zero-order valence-electron chi connectivity index (χ0n) is 16.8. The van der Waals surface area contributed by atoms with Crippen LogP contribution in [0.15, 0.2) is 36.4 Å². The lowest BCUT2D eigenvalue weighted by molar-refractivity contribution is 0.261. The van der Waals surface area contributed by atoms with E-state index in [9.17, 15) is 0 Å². The third kappa shape index (κ3) is 10.0. The SMILES string of the molecule is CCCCCCCCCC/C=C/CCCc1ccccc1OCC1CO1. The van der Waals surface area contributed by atoms with Crippen LogP contribution in [0.5, 0.6) is 5.75 Å². The minimum atomic E-state index is 0.322. The molecular weight excluding hydrogens is 320 g/mol. The molecule has 1 fully saturated rings. The molecule has 0 saturated carbocycles. The van der Waals surface area contributed by atoms with Crippen molar-refractivity contribution in [3.05, 3.63) is 42.0 Å². The van der Waals surface area contributed by atoms with Gasteiger partial charge in [-0.2, -0.15) is 0 Å². The van der Waals surface area contributed by atoms with E-state index in [4.69, 9.17) is 9.47 Å². The minimum Gasteiger partial charge on any atom is -0.491 e. The molecule has 0 amide bonds. The number of rotatable bonds is 16. The van der Waals surface area contributed by atoms with Crippen LogP contribution in [-0.2, 0) is 11.2 Å². The van der Waals surface area contributed by atoms with Gasteiger partial charge in [-0.3, -0.25) is 0 Å². The summed E-state index contributed by atoms with van der Waals surface area (Å²) < 4.78 is 11.1. The molecule has 1 aliphatic heterocycles. The fourth-order valence-electron chi connectivity index (χ4n) is 3.24. The molecule has 1 aliphatic rings. The quantitative estimate of drug-likeness (QED) is 0.183. The highest BCUT2D eigenvalue weighted by Crippen LogP contribution is 2.22. The minimum absolute atomic E-state index is 0.322. The van der Waals surface area contributed by atoms with E-state index < -0.39 is 0 Å². The molecule has 0 bridgehead atoms. The van der Waals surface area contributed by atoms with Gasteiger partial charge in [0.2, 0.25) is 0 Å². The Kier molecular flexibility index (Phi) is 11.2. The summed E-state index contributed by atoms with van der Waals surface area (Å²) in [5, 5.41) is 0. The Balaban J connectivity index is 1.46. The molecule has 2 heteroatoms. The summed E-state index contributed by atoms with van der Waals surface area (Å²) in [4.78, 5) is 0. The van der Waals surface area contributed by atoms with Crippen molar-refractivity contribution in [3.8, 4) is 5.75 Å². The van der Waals surface area contributed by atoms with Crippen LogP contribution in [-0.4, -0.2) is 19.3 Å². The van der Waals surface area contributed by atoms with Gasteiger partial charge in [0, 0.05) is 0 Å². The molecule has 2 rings (SSSR count). The summed E-state index contributed by atoms with van der Waals surface area (Å²) in [5.74, 6) is 1.03. The molecular formula is C24H38O2. The van der Waals surface area contributed by atoms with Crippen LogP contribution >= 0.6 is 0 Å². The van der Waals surface area contributed by atoms with E-state index in [1.807, 2.05) is 0 Å². The monoisotopic (exact) mass is 358 g/mol. The maximum absolute atomic E-state index is 5.88. The van der Waals surface area contributed by atoms with E-state index in [0.717, 1.165) is 25.2 Å². The largest absolute Gasteiger partial charge is 0.491 e. The summed E-state index contributed by atoms with van der Waals surface area (Å²) in [6.07, 6.45) is 21.0. The topological polar surface area (TPSA) is 21.8 Å². The summed E-state index contributed by atoms with van der Waals surface area (Å²) >= 11 is 0. The molecule has 0 aliphatic carbocycles. The smallest absolute Gasteiger partial charge is 0.122 e. The van der Waals surface area contributed by atoms with Gasteiger partial charge in [0.25, 0.3) is 0 Å².